The minimum absolute atomic E-state index is 0.325. The van der Waals surface area contributed by atoms with Crippen molar-refractivity contribution in [1.29, 1.82) is 0 Å². The van der Waals surface area contributed by atoms with E-state index in [0.29, 0.717) is 5.92 Å². The molecule has 0 radical (unpaired) electrons. The topological polar surface area (TPSA) is 49.8 Å². The van der Waals surface area contributed by atoms with Crippen molar-refractivity contribution in [3.8, 4) is 0 Å². The molecule has 21 heavy (non-hydrogen) atoms. The Kier molecular flexibility index (Phi) is 5.17. The minimum atomic E-state index is 0.325. The fourth-order valence-electron chi connectivity index (χ4n) is 2.22. The van der Waals surface area contributed by atoms with Crippen LogP contribution in [0.1, 0.15) is 37.8 Å². The van der Waals surface area contributed by atoms with Gasteiger partial charge in [0.2, 0.25) is 0 Å². The number of aryl methyl sites for hydroxylation is 1. The van der Waals surface area contributed by atoms with Gasteiger partial charge in [-0.15, -0.1) is 0 Å². The molecule has 2 aromatic rings. The van der Waals surface area contributed by atoms with E-state index < -0.39 is 0 Å². The molecule has 0 atom stereocenters. The van der Waals surface area contributed by atoms with Gasteiger partial charge in [0.15, 0.2) is 0 Å². The van der Waals surface area contributed by atoms with E-state index in [0.717, 1.165) is 33.9 Å². The summed E-state index contributed by atoms with van der Waals surface area (Å²) in [4.78, 5) is 8.78. The number of nitrogens with zero attached hydrogens (tertiary/aromatic N) is 2. The molecule has 1 aromatic heterocycles. The van der Waals surface area contributed by atoms with Crippen LogP contribution >= 0.6 is 15.9 Å². The van der Waals surface area contributed by atoms with E-state index >= 15 is 0 Å². The molecule has 0 fully saturated rings. The van der Waals surface area contributed by atoms with Gasteiger partial charge in [0.25, 0.3) is 0 Å². The van der Waals surface area contributed by atoms with Gasteiger partial charge in [-0.25, -0.2) is 9.97 Å². The molecule has 0 saturated heterocycles. The second kappa shape index (κ2) is 6.89. The second-order valence-corrected chi connectivity index (χ2v) is 6.02. The van der Waals surface area contributed by atoms with Crippen molar-refractivity contribution in [2.24, 2.45) is 0 Å². The first-order valence-electron chi connectivity index (χ1n) is 7.15. The van der Waals surface area contributed by atoms with Crippen molar-refractivity contribution < 1.29 is 0 Å². The molecule has 0 aliphatic heterocycles. The highest BCUT2D eigenvalue weighted by molar-refractivity contribution is 9.10. The number of hydrogen-bond acceptors (Lipinski definition) is 4. The third kappa shape index (κ3) is 3.53. The highest BCUT2D eigenvalue weighted by Crippen LogP contribution is 2.33. The molecule has 112 valence electrons. The maximum absolute atomic E-state index is 4.43. The third-order valence-corrected chi connectivity index (χ3v) is 4.30. The van der Waals surface area contributed by atoms with Crippen LogP contribution in [0, 0.1) is 6.92 Å². The summed E-state index contributed by atoms with van der Waals surface area (Å²) < 4.78 is 1.06. The van der Waals surface area contributed by atoms with Crippen LogP contribution in [0.5, 0.6) is 0 Å². The molecule has 0 saturated carbocycles. The fourth-order valence-corrected chi connectivity index (χ4v) is 2.59. The van der Waals surface area contributed by atoms with Gasteiger partial charge in [-0.1, -0.05) is 26.0 Å². The summed E-state index contributed by atoms with van der Waals surface area (Å²) in [5.74, 6) is 2.07. The first-order chi connectivity index (χ1) is 10.0. The molecule has 0 unspecified atom stereocenters. The van der Waals surface area contributed by atoms with Crippen LogP contribution in [-0.4, -0.2) is 16.5 Å². The Morgan fingerprint density at radius 1 is 1.19 bits per heavy atom. The fraction of sp³-hybridized carbons (Fsp3) is 0.375. The third-order valence-electron chi connectivity index (χ3n) is 3.25. The van der Waals surface area contributed by atoms with E-state index in [1.165, 1.54) is 5.56 Å². The monoisotopic (exact) mass is 348 g/mol. The van der Waals surface area contributed by atoms with Crippen molar-refractivity contribution in [1.82, 2.24) is 9.97 Å². The standard InChI is InChI=1S/C16H21BrN4/c1-5-18-15-13(10(2)3)16(20-9-19-15)21-12-8-6-7-11(4)14(12)17/h6-10H,5H2,1-4H3,(H2,18,19,20,21). The average Bonchev–Trinajstić information content (AvgIpc) is 2.44. The summed E-state index contributed by atoms with van der Waals surface area (Å²) in [6.45, 7) is 9.27. The molecule has 4 nitrogen and oxygen atoms in total. The van der Waals surface area contributed by atoms with Crippen LogP contribution in [0.25, 0.3) is 0 Å². The zero-order chi connectivity index (χ0) is 15.4. The molecular weight excluding hydrogens is 328 g/mol. The SMILES string of the molecule is CCNc1ncnc(Nc2cccc(C)c2Br)c1C(C)C. The van der Waals surface area contributed by atoms with Gasteiger partial charge in [0.05, 0.1) is 5.69 Å². The molecule has 0 amide bonds. The van der Waals surface area contributed by atoms with E-state index in [1.54, 1.807) is 6.33 Å². The Morgan fingerprint density at radius 3 is 2.57 bits per heavy atom. The van der Waals surface area contributed by atoms with Crippen LogP contribution in [0.3, 0.4) is 0 Å². The lowest BCUT2D eigenvalue weighted by atomic mass is 10.0. The van der Waals surface area contributed by atoms with Gasteiger partial charge >= 0.3 is 0 Å². The highest BCUT2D eigenvalue weighted by atomic mass is 79.9. The summed E-state index contributed by atoms with van der Waals surface area (Å²) in [6, 6.07) is 6.14. The van der Waals surface area contributed by atoms with Crippen LogP contribution in [0.2, 0.25) is 0 Å². The first kappa shape index (κ1) is 15.8. The van der Waals surface area contributed by atoms with Gasteiger partial charge < -0.3 is 10.6 Å². The molecule has 5 heteroatoms. The second-order valence-electron chi connectivity index (χ2n) is 5.23. The largest absolute Gasteiger partial charge is 0.370 e. The lowest BCUT2D eigenvalue weighted by Crippen LogP contribution is -2.09. The summed E-state index contributed by atoms with van der Waals surface area (Å²) in [5.41, 5.74) is 3.30. The van der Waals surface area contributed by atoms with Crippen LogP contribution in [-0.2, 0) is 0 Å². The number of anilines is 3. The molecule has 2 N–H and O–H groups in total. The van der Waals surface area contributed by atoms with E-state index in [1.807, 2.05) is 12.1 Å². The molecule has 1 heterocycles. The van der Waals surface area contributed by atoms with Crippen molar-refractivity contribution in [3.05, 3.63) is 40.1 Å². The summed E-state index contributed by atoms with van der Waals surface area (Å²) in [5, 5.41) is 6.73. The van der Waals surface area contributed by atoms with Gasteiger partial charge in [0.1, 0.15) is 18.0 Å². The van der Waals surface area contributed by atoms with Crippen LogP contribution in [0.4, 0.5) is 17.3 Å². The van der Waals surface area contributed by atoms with Gasteiger partial charge in [-0.3, -0.25) is 0 Å². The number of aromatic nitrogens is 2. The number of rotatable bonds is 5. The number of halogens is 1. The molecule has 0 spiro atoms. The average molecular weight is 349 g/mol. The lowest BCUT2D eigenvalue weighted by molar-refractivity contribution is 0.849. The van der Waals surface area contributed by atoms with E-state index in [2.05, 4.69) is 70.3 Å². The van der Waals surface area contributed by atoms with Crippen molar-refractivity contribution in [3.63, 3.8) is 0 Å². The van der Waals surface area contributed by atoms with Gasteiger partial charge in [-0.05, 0) is 47.3 Å². The Labute approximate surface area is 134 Å². The maximum atomic E-state index is 4.43. The predicted octanol–water partition coefficient (Wildman–Crippen LogP) is 4.85. The van der Waals surface area contributed by atoms with Crippen molar-refractivity contribution >= 4 is 33.3 Å². The normalized spacial score (nSPS) is 10.8. The van der Waals surface area contributed by atoms with Crippen LogP contribution < -0.4 is 10.6 Å². The zero-order valence-corrected chi connectivity index (χ0v) is 14.5. The summed E-state index contributed by atoms with van der Waals surface area (Å²) in [7, 11) is 0. The van der Waals surface area contributed by atoms with Gasteiger partial charge in [-0.2, -0.15) is 0 Å². The predicted molar refractivity (Wildman–Crippen MR) is 92.4 cm³/mol. The molecule has 0 aliphatic carbocycles. The first-order valence-corrected chi connectivity index (χ1v) is 7.94. The molecule has 2 rings (SSSR count). The summed E-state index contributed by atoms with van der Waals surface area (Å²) in [6.07, 6.45) is 1.59. The summed E-state index contributed by atoms with van der Waals surface area (Å²) >= 11 is 3.63. The van der Waals surface area contributed by atoms with E-state index in [4.69, 9.17) is 0 Å². The van der Waals surface area contributed by atoms with E-state index in [9.17, 15) is 0 Å². The highest BCUT2D eigenvalue weighted by Gasteiger charge is 2.15. The maximum Gasteiger partial charge on any atom is 0.139 e. The quantitative estimate of drug-likeness (QED) is 0.810. The Hall–Kier alpha value is -1.62. The zero-order valence-electron chi connectivity index (χ0n) is 12.9. The van der Waals surface area contributed by atoms with Crippen molar-refractivity contribution in [2.75, 3.05) is 17.2 Å². The Bertz CT molecular complexity index is 626. The molecular formula is C16H21BrN4. The van der Waals surface area contributed by atoms with Gasteiger partial charge in [0, 0.05) is 16.6 Å². The molecule has 0 aliphatic rings. The molecule has 1 aromatic carbocycles. The van der Waals surface area contributed by atoms with Crippen molar-refractivity contribution in [2.45, 2.75) is 33.6 Å². The number of benzene rings is 1. The minimum Gasteiger partial charge on any atom is -0.370 e. The Morgan fingerprint density at radius 2 is 1.90 bits per heavy atom. The van der Waals surface area contributed by atoms with E-state index in [-0.39, 0.29) is 0 Å². The number of nitrogens with one attached hydrogen (secondary N) is 2. The molecule has 0 bridgehead atoms. The lowest BCUT2D eigenvalue weighted by Gasteiger charge is -2.18. The Balaban J connectivity index is 2.44. The smallest absolute Gasteiger partial charge is 0.139 e. The number of hydrogen-bond donors (Lipinski definition) is 2. The van der Waals surface area contributed by atoms with Crippen LogP contribution in [0.15, 0.2) is 29.0 Å².